The van der Waals surface area contributed by atoms with Gasteiger partial charge in [0.05, 0.1) is 25.8 Å². The summed E-state index contributed by atoms with van der Waals surface area (Å²) in [4.78, 5) is 30.9. The van der Waals surface area contributed by atoms with Crippen LogP contribution in [0.2, 0.25) is 5.02 Å². The Labute approximate surface area is 218 Å². The second-order valence-corrected chi connectivity index (χ2v) is 8.42. The lowest BCUT2D eigenvalue weighted by atomic mass is 9.90. The highest BCUT2D eigenvalue weighted by molar-refractivity contribution is 6.31. The molecule has 37 heavy (non-hydrogen) atoms. The predicted octanol–water partition coefficient (Wildman–Crippen LogP) is 4.38. The number of methoxy groups -OCH3 is 2. The van der Waals surface area contributed by atoms with Gasteiger partial charge in [0.2, 0.25) is 0 Å². The van der Waals surface area contributed by atoms with E-state index in [0.717, 1.165) is 0 Å². The summed E-state index contributed by atoms with van der Waals surface area (Å²) >= 11 is 5.92. The van der Waals surface area contributed by atoms with Crippen LogP contribution in [0.1, 0.15) is 33.7 Å². The molecule has 0 amide bonds. The minimum absolute atomic E-state index is 0.0465. The van der Waals surface area contributed by atoms with E-state index in [2.05, 4.69) is 4.98 Å². The molecule has 10 heteroatoms. The minimum atomic E-state index is -0.848. The first kappa shape index (κ1) is 28.0. The summed E-state index contributed by atoms with van der Waals surface area (Å²) in [6.07, 6.45) is -0.129. The SMILES string of the molecule is COc1cc(C(=O)C[C@@H](CCO)C(=O)c2ccc(OC)c(-c3ccc(F)c(Cl)c3)n2)ccc1OCCO. The molecule has 0 aliphatic heterocycles. The van der Waals surface area contributed by atoms with E-state index in [0.29, 0.717) is 28.4 Å². The van der Waals surface area contributed by atoms with Crippen molar-refractivity contribution >= 4 is 23.2 Å². The molecule has 0 saturated heterocycles. The molecule has 2 N–H and O–H groups in total. The van der Waals surface area contributed by atoms with Crippen LogP contribution in [0.4, 0.5) is 4.39 Å². The third-order valence-electron chi connectivity index (χ3n) is 5.64. The maximum absolute atomic E-state index is 13.7. The Kier molecular flexibility index (Phi) is 9.96. The molecule has 0 aliphatic carbocycles. The maximum Gasteiger partial charge on any atom is 0.184 e. The number of aromatic nitrogens is 1. The van der Waals surface area contributed by atoms with E-state index in [4.69, 9.17) is 30.9 Å². The molecule has 1 atom stereocenters. The lowest BCUT2D eigenvalue weighted by Crippen LogP contribution is -2.21. The molecule has 0 unspecified atom stereocenters. The van der Waals surface area contributed by atoms with E-state index in [-0.39, 0.29) is 54.9 Å². The van der Waals surface area contributed by atoms with Gasteiger partial charge in [-0.3, -0.25) is 9.59 Å². The number of carbonyl (C=O) groups excluding carboxylic acids is 2. The summed E-state index contributed by atoms with van der Waals surface area (Å²) in [6.45, 7) is -0.417. The summed E-state index contributed by atoms with van der Waals surface area (Å²) in [6, 6.07) is 11.7. The van der Waals surface area contributed by atoms with Crippen molar-refractivity contribution in [2.45, 2.75) is 12.8 Å². The van der Waals surface area contributed by atoms with Gasteiger partial charge >= 0.3 is 0 Å². The largest absolute Gasteiger partial charge is 0.494 e. The van der Waals surface area contributed by atoms with Crippen LogP contribution >= 0.6 is 11.6 Å². The average Bonchev–Trinajstić information content (AvgIpc) is 2.92. The number of aliphatic hydroxyl groups excluding tert-OH is 2. The third kappa shape index (κ3) is 6.82. The fourth-order valence-electron chi connectivity index (χ4n) is 3.75. The molecular formula is C27H27ClFNO7. The second kappa shape index (κ2) is 13.1. The van der Waals surface area contributed by atoms with Crippen LogP contribution in [0.3, 0.4) is 0 Å². The lowest BCUT2D eigenvalue weighted by Gasteiger charge is -2.16. The van der Waals surface area contributed by atoms with E-state index in [9.17, 15) is 19.1 Å². The first-order valence-corrected chi connectivity index (χ1v) is 11.8. The number of ether oxygens (including phenoxy) is 3. The minimum Gasteiger partial charge on any atom is -0.494 e. The molecule has 0 spiro atoms. The van der Waals surface area contributed by atoms with E-state index in [1.54, 1.807) is 18.2 Å². The molecule has 8 nitrogen and oxygen atoms in total. The van der Waals surface area contributed by atoms with Gasteiger partial charge in [-0.05, 0) is 55.0 Å². The first-order valence-electron chi connectivity index (χ1n) is 11.4. The number of hydrogen-bond acceptors (Lipinski definition) is 8. The van der Waals surface area contributed by atoms with Crippen molar-refractivity contribution in [3.05, 3.63) is 70.6 Å². The molecule has 1 heterocycles. The summed E-state index contributed by atoms with van der Waals surface area (Å²) < 4.78 is 29.7. The molecule has 3 aromatic rings. The Morgan fingerprint density at radius 1 is 0.973 bits per heavy atom. The van der Waals surface area contributed by atoms with Gasteiger partial charge in [0.25, 0.3) is 0 Å². The molecule has 0 radical (unpaired) electrons. The zero-order chi connectivity index (χ0) is 26.9. The number of ketones is 2. The summed E-state index contributed by atoms with van der Waals surface area (Å²) in [5.74, 6) is -1.19. The monoisotopic (exact) mass is 531 g/mol. The van der Waals surface area contributed by atoms with Crippen molar-refractivity contribution in [2.75, 3.05) is 34.0 Å². The summed E-state index contributed by atoms with van der Waals surface area (Å²) in [5, 5.41) is 18.4. The highest BCUT2D eigenvalue weighted by Gasteiger charge is 2.26. The van der Waals surface area contributed by atoms with E-state index >= 15 is 0 Å². The van der Waals surface area contributed by atoms with Gasteiger partial charge in [-0.1, -0.05) is 11.6 Å². The molecular weight excluding hydrogens is 505 g/mol. The Morgan fingerprint density at radius 3 is 2.35 bits per heavy atom. The van der Waals surface area contributed by atoms with Crippen LogP contribution in [0.5, 0.6) is 17.2 Å². The number of benzene rings is 2. The van der Waals surface area contributed by atoms with Crippen molar-refractivity contribution in [2.24, 2.45) is 5.92 Å². The van der Waals surface area contributed by atoms with Gasteiger partial charge in [-0.25, -0.2) is 9.37 Å². The molecule has 3 rings (SSSR count). The van der Waals surface area contributed by atoms with Crippen LogP contribution in [-0.4, -0.2) is 60.8 Å². The highest BCUT2D eigenvalue weighted by Crippen LogP contribution is 2.32. The van der Waals surface area contributed by atoms with Crippen molar-refractivity contribution in [3.63, 3.8) is 0 Å². The fraction of sp³-hybridized carbons (Fsp3) is 0.296. The van der Waals surface area contributed by atoms with E-state index in [1.807, 2.05) is 0 Å². The van der Waals surface area contributed by atoms with Crippen LogP contribution in [0, 0.1) is 11.7 Å². The summed E-state index contributed by atoms with van der Waals surface area (Å²) in [5.41, 5.74) is 1.09. The average molecular weight is 532 g/mol. The first-order chi connectivity index (χ1) is 17.8. The Bertz CT molecular complexity index is 1270. The standard InChI is InChI=1S/C27H27ClFNO7/c1-35-24-8-6-21(30-26(24)17-3-5-20(29)19(28)13-17)27(34)18(9-10-31)14-22(33)16-4-7-23(37-12-11-32)25(15-16)36-2/h3-8,13,15,18,31-32H,9-12,14H2,1-2H3/t18-/m1/s1. The molecule has 0 fully saturated rings. The highest BCUT2D eigenvalue weighted by atomic mass is 35.5. The number of rotatable bonds is 13. The second-order valence-electron chi connectivity index (χ2n) is 8.01. The molecule has 0 saturated carbocycles. The topological polar surface area (TPSA) is 115 Å². The van der Waals surface area contributed by atoms with Crippen molar-refractivity contribution in [1.29, 1.82) is 0 Å². The number of carbonyl (C=O) groups is 2. The van der Waals surface area contributed by atoms with Crippen LogP contribution in [0.15, 0.2) is 48.5 Å². The number of nitrogens with zero attached hydrogens (tertiary/aromatic N) is 1. The van der Waals surface area contributed by atoms with Gasteiger partial charge in [0, 0.05) is 30.1 Å². The predicted molar refractivity (Wildman–Crippen MR) is 135 cm³/mol. The maximum atomic E-state index is 13.7. The third-order valence-corrected chi connectivity index (χ3v) is 5.93. The Hall–Kier alpha value is -3.53. The van der Waals surface area contributed by atoms with Crippen molar-refractivity contribution in [3.8, 4) is 28.5 Å². The molecule has 2 aromatic carbocycles. The molecule has 0 aliphatic rings. The number of halogens is 2. The Balaban J connectivity index is 1.88. The van der Waals surface area contributed by atoms with E-state index in [1.165, 1.54) is 44.6 Å². The van der Waals surface area contributed by atoms with Crippen LogP contribution in [-0.2, 0) is 0 Å². The zero-order valence-corrected chi connectivity index (χ0v) is 21.1. The molecule has 196 valence electrons. The Morgan fingerprint density at radius 2 is 1.70 bits per heavy atom. The van der Waals surface area contributed by atoms with Crippen molar-refractivity contribution < 1.29 is 38.4 Å². The van der Waals surface area contributed by atoms with E-state index < -0.39 is 17.5 Å². The fourth-order valence-corrected chi connectivity index (χ4v) is 3.93. The smallest absolute Gasteiger partial charge is 0.184 e. The van der Waals surface area contributed by atoms with Gasteiger partial charge in [0.15, 0.2) is 23.1 Å². The zero-order valence-electron chi connectivity index (χ0n) is 20.4. The van der Waals surface area contributed by atoms with Gasteiger partial charge in [0.1, 0.15) is 29.6 Å². The van der Waals surface area contributed by atoms with Crippen molar-refractivity contribution in [1.82, 2.24) is 4.98 Å². The summed E-state index contributed by atoms with van der Waals surface area (Å²) in [7, 11) is 2.86. The van der Waals surface area contributed by atoms with Gasteiger partial charge < -0.3 is 24.4 Å². The number of aliphatic hydroxyl groups is 2. The lowest BCUT2D eigenvalue weighted by molar-refractivity contribution is 0.0824. The van der Waals surface area contributed by atoms with Gasteiger partial charge in [-0.2, -0.15) is 0 Å². The number of pyridine rings is 1. The number of hydrogen-bond donors (Lipinski definition) is 2. The molecule has 1 aromatic heterocycles. The quantitative estimate of drug-likeness (QED) is 0.312. The molecule has 0 bridgehead atoms. The number of Topliss-reactive ketones (excluding diaryl/α,β-unsaturated/α-hetero) is 2. The normalized spacial score (nSPS) is 11.6. The van der Waals surface area contributed by atoms with Crippen LogP contribution in [0.25, 0.3) is 11.3 Å². The van der Waals surface area contributed by atoms with Crippen LogP contribution < -0.4 is 14.2 Å². The van der Waals surface area contributed by atoms with Gasteiger partial charge in [-0.15, -0.1) is 0 Å².